The van der Waals surface area contributed by atoms with Crippen molar-refractivity contribution in [3.8, 4) is 0 Å². The lowest BCUT2D eigenvalue weighted by atomic mass is 9.92. The number of nitrogens with one attached hydrogen (secondary N) is 1. The van der Waals surface area contributed by atoms with Gasteiger partial charge in [-0.1, -0.05) is 26.2 Å². The number of piperazine rings is 1. The fraction of sp³-hybridized carbons (Fsp3) is 1.00. The van der Waals surface area contributed by atoms with E-state index in [1.807, 2.05) is 0 Å². The van der Waals surface area contributed by atoms with Crippen LogP contribution in [0, 0.1) is 0 Å². The Labute approximate surface area is 88.1 Å². The molecule has 1 aliphatic carbocycles. The molecule has 1 heterocycles. The molecule has 14 heavy (non-hydrogen) atoms. The molecule has 0 aromatic heterocycles. The van der Waals surface area contributed by atoms with E-state index in [2.05, 4.69) is 24.2 Å². The molecule has 0 radical (unpaired) electrons. The zero-order valence-electron chi connectivity index (χ0n) is 9.68. The van der Waals surface area contributed by atoms with Crippen LogP contribution in [0.2, 0.25) is 0 Å². The summed E-state index contributed by atoms with van der Waals surface area (Å²) in [4.78, 5) is 2.59. The second-order valence-corrected chi connectivity index (χ2v) is 5.23. The Kier molecular flexibility index (Phi) is 3.13. The summed E-state index contributed by atoms with van der Waals surface area (Å²) in [7, 11) is 2.31. The number of hydrogen-bond acceptors (Lipinski definition) is 2. The molecule has 2 heteroatoms. The Morgan fingerprint density at radius 2 is 2.07 bits per heavy atom. The maximum atomic E-state index is 3.82. The van der Waals surface area contributed by atoms with Crippen molar-refractivity contribution >= 4 is 0 Å². The maximum Gasteiger partial charge on any atom is 0.0309 e. The van der Waals surface area contributed by atoms with Crippen molar-refractivity contribution < 1.29 is 0 Å². The van der Waals surface area contributed by atoms with Crippen LogP contribution < -0.4 is 5.32 Å². The summed E-state index contributed by atoms with van der Waals surface area (Å²) in [6.45, 7) is 4.77. The molecule has 2 aliphatic rings. The van der Waals surface area contributed by atoms with Gasteiger partial charge < -0.3 is 10.2 Å². The van der Waals surface area contributed by atoms with Gasteiger partial charge in [0.15, 0.2) is 0 Å². The molecule has 1 atom stereocenters. The highest BCUT2D eigenvalue weighted by Crippen LogP contribution is 2.33. The van der Waals surface area contributed by atoms with Crippen LogP contribution >= 0.6 is 0 Å². The molecule has 1 saturated carbocycles. The molecular formula is C12H24N2. The van der Waals surface area contributed by atoms with Crippen molar-refractivity contribution in [2.24, 2.45) is 0 Å². The van der Waals surface area contributed by atoms with Gasteiger partial charge >= 0.3 is 0 Å². The number of nitrogens with zero attached hydrogens (tertiary/aromatic N) is 1. The molecule has 0 bridgehead atoms. The lowest BCUT2D eigenvalue weighted by Gasteiger charge is -2.44. The van der Waals surface area contributed by atoms with Crippen LogP contribution in [-0.4, -0.2) is 36.6 Å². The molecular weight excluding hydrogens is 172 g/mol. The summed E-state index contributed by atoms with van der Waals surface area (Å²) < 4.78 is 0. The Morgan fingerprint density at radius 1 is 1.36 bits per heavy atom. The smallest absolute Gasteiger partial charge is 0.0309 e. The van der Waals surface area contributed by atoms with Gasteiger partial charge in [0, 0.05) is 24.7 Å². The van der Waals surface area contributed by atoms with Crippen molar-refractivity contribution in [1.29, 1.82) is 0 Å². The molecule has 1 aliphatic heterocycles. The van der Waals surface area contributed by atoms with Crippen molar-refractivity contribution in [1.82, 2.24) is 10.2 Å². The molecule has 0 aromatic carbocycles. The molecule has 1 spiro atoms. The van der Waals surface area contributed by atoms with E-state index in [0.717, 1.165) is 6.04 Å². The van der Waals surface area contributed by atoms with Gasteiger partial charge in [0.1, 0.15) is 0 Å². The molecule has 2 rings (SSSR count). The largest absolute Gasteiger partial charge is 0.308 e. The van der Waals surface area contributed by atoms with E-state index in [1.54, 1.807) is 0 Å². The van der Waals surface area contributed by atoms with Crippen LogP contribution in [0.15, 0.2) is 0 Å². The van der Waals surface area contributed by atoms with Crippen molar-refractivity contribution in [3.63, 3.8) is 0 Å². The second kappa shape index (κ2) is 4.19. The SMILES string of the molecule is CCCC1CNC2(CCCC2)CN1C. The minimum atomic E-state index is 0.499. The minimum Gasteiger partial charge on any atom is -0.308 e. The van der Waals surface area contributed by atoms with Crippen LogP contribution in [0.4, 0.5) is 0 Å². The van der Waals surface area contributed by atoms with Gasteiger partial charge in [-0.05, 0) is 26.3 Å². The Hall–Kier alpha value is -0.0800. The minimum absolute atomic E-state index is 0.499. The van der Waals surface area contributed by atoms with Crippen molar-refractivity contribution in [3.05, 3.63) is 0 Å². The van der Waals surface area contributed by atoms with Gasteiger partial charge in [-0.15, -0.1) is 0 Å². The molecule has 0 amide bonds. The highest BCUT2D eigenvalue weighted by atomic mass is 15.2. The lowest BCUT2D eigenvalue weighted by Crippen LogP contribution is -2.61. The molecule has 1 unspecified atom stereocenters. The monoisotopic (exact) mass is 196 g/mol. The van der Waals surface area contributed by atoms with E-state index < -0.39 is 0 Å². The van der Waals surface area contributed by atoms with E-state index in [9.17, 15) is 0 Å². The van der Waals surface area contributed by atoms with Gasteiger partial charge in [-0.3, -0.25) is 0 Å². The maximum absolute atomic E-state index is 3.82. The second-order valence-electron chi connectivity index (χ2n) is 5.23. The number of hydrogen-bond donors (Lipinski definition) is 1. The lowest BCUT2D eigenvalue weighted by molar-refractivity contribution is 0.0999. The highest BCUT2D eigenvalue weighted by molar-refractivity contribution is 4.99. The predicted molar refractivity (Wildman–Crippen MR) is 60.5 cm³/mol. The summed E-state index contributed by atoms with van der Waals surface area (Å²) in [5.41, 5.74) is 0.499. The first-order chi connectivity index (χ1) is 6.76. The van der Waals surface area contributed by atoms with Crippen LogP contribution in [0.25, 0.3) is 0 Å². The van der Waals surface area contributed by atoms with E-state index in [0.29, 0.717) is 5.54 Å². The summed E-state index contributed by atoms with van der Waals surface area (Å²) in [6.07, 6.45) is 8.31. The van der Waals surface area contributed by atoms with E-state index in [-0.39, 0.29) is 0 Å². The van der Waals surface area contributed by atoms with Gasteiger partial charge in [0.05, 0.1) is 0 Å². The highest BCUT2D eigenvalue weighted by Gasteiger charge is 2.39. The fourth-order valence-electron chi connectivity index (χ4n) is 3.19. The van der Waals surface area contributed by atoms with Gasteiger partial charge in [0.25, 0.3) is 0 Å². The van der Waals surface area contributed by atoms with Gasteiger partial charge in [-0.2, -0.15) is 0 Å². The fourth-order valence-corrected chi connectivity index (χ4v) is 3.19. The van der Waals surface area contributed by atoms with Crippen LogP contribution in [-0.2, 0) is 0 Å². The number of likely N-dealkylation sites (N-methyl/N-ethyl adjacent to an activating group) is 1. The van der Waals surface area contributed by atoms with Gasteiger partial charge in [-0.25, -0.2) is 0 Å². The molecule has 1 N–H and O–H groups in total. The number of rotatable bonds is 2. The van der Waals surface area contributed by atoms with Crippen LogP contribution in [0.5, 0.6) is 0 Å². The third kappa shape index (κ3) is 1.96. The first-order valence-corrected chi connectivity index (χ1v) is 6.21. The third-order valence-electron chi connectivity index (χ3n) is 4.07. The predicted octanol–water partition coefficient (Wildman–Crippen LogP) is 2.00. The summed E-state index contributed by atoms with van der Waals surface area (Å²) in [6, 6.07) is 0.784. The van der Waals surface area contributed by atoms with E-state index in [4.69, 9.17) is 0 Å². The Morgan fingerprint density at radius 3 is 2.64 bits per heavy atom. The average Bonchev–Trinajstić information content (AvgIpc) is 2.59. The third-order valence-corrected chi connectivity index (χ3v) is 4.07. The molecule has 0 aromatic rings. The van der Waals surface area contributed by atoms with Crippen molar-refractivity contribution in [2.45, 2.75) is 57.0 Å². The summed E-state index contributed by atoms with van der Waals surface area (Å²) >= 11 is 0. The molecule has 1 saturated heterocycles. The summed E-state index contributed by atoms with van der Waals surface area (Å²) in [5.74, 6) is 0. The molecule has 2 fully saturated rings. The van der Waals surface area contributed by atoms with E-state index in [1.165, 1.54) is 51.6 Å². The molecule has 82 valence electrons. The first-order valence-electron chi connectivity index (χ1n) is 6.21. The van der Waals surface area contributed by atoms with Gasteiger partial charge in [0.2, 0.25) is 0 Å². The average molecular weight is 196 g/mol. The quantitative estimate of drug-likeness (QED) is 0.727. The topological polar surface area (TPSA) is 15.3 Å². The van der Waals surface area contributed by atoms with Crippen LogP contribution in [0.1, 0.15) is 45.4 Å². The Bertz CT molecular complexity index is 185. The standard InChI is InChI=1S/C12H24N2/c1-3-6-11-9-13-12(10-14(11)2)7-4-5-8-12/h11,13H,3-10H2,1-2H3. The summed E-state index contributed by atoms with van der Waals surface area (Å²) in [5, 5.41) is 3.82. The van der Waals surface area contributed by atoms with E-state index >= 15 is 0 Å². The van der Waals surface area contributed by atoms with Crippen molar-refractivity contribution in [2.75, 3.05) is 20.1 Å². The normalized spacial score (nSPS) is 32.6. The zero-order valence-corrected chi connectivity index (χ0v) is 9.68. The zero-order chi connectivity index (χ0) is 10.0. The Balaban J connectivity index is 1.91. The van der Waals surface area contributed by atoms with Crippen LogP contribution in [0.3, 0.4) is 0 Å². The first kappa shape index (κ1) is 10.4. The molecule has 2 nitrogen and oxygen atoms in total.